The molecule has 0 aromatic carbocycles. The molecule has 1 rings (SSSR count). The monoisotopic (exact) mass is 268 g/mol. The largest absolute Gasteiger partial charge is 0.355 e. The van der Waals surface area contributed by atoms with E-state index in [0.29, 0.717) is 12.3 Å². The second-order valence-corrected chi connectivity index (χ2v) is 6.65. The third kappa shape index (κ3) is 6.95. The highest BCUT2D eigenvalue weighted by Gasteiger charge is 2.21. The molecule has 19 heavy (non-hydrogen) atoms. The molecule has 3 atom stereocenters. The molecule has 0 aliphatic carbocycles. The van der Waals surface area contributed by atoms with Gasteiger partial charge in [0.25, 0.3) is 0 Å². The molecule has 1 saturated heterocycles. The van der Waals surface area contributed by atoms with Crippen LogP contribution in [0, 0.1) is 17.8 Å². The van der Waals surface area contributed by atoms with Gasteiger partial charge in [-0.25, -0.2) is 0 Å². The Labute approximate surface area is 119 Å². The highest BCUT2D eigenvalue weighted by Crippen LogP contribution is 2.20. The van der Waals surface area contributed by atoms with Gasteiger partial charge in [-0.1, -0.05) is 40.5 Å². The molecule has 0 spiro atoms. The maximum absolute atomic E-state index is 11.8. The lowest BCUT2D eigenvalue weighted by atomic mass is 9.92. The Morgan fingerprint density at radius 3 is 2.53 bits per heavy atom. The van der Waals surface area contributed by atoms with E-state index in [2.05, 4.69) is 37.9 Å². The molecule has 112 valence electrons. The van der Waals surface area contributed by atoms with Gasteiger partial charge < -0.3 is 10.2 Å². The van der Waals surface area contributed by atoms with E-state index in [0.717, 1.165) is 37.8 Å². The number of rotatable bonds is 7. The zero-order valence-corrected chi connectivity index (χ0v) is 13.2. The van der Waals surface area contributed by atoms with Crippen molar-refractivity contribution in [2.75, 3.05) is 26.2 Å². The molecule has 1 aliphatic rings. The Bertz CT molecular complexity index is 257. The molecule has 0 aromatic rings. The minimum absolute atomic E-state index is 0.221. The van der Waals surface area contributed by atoms with E-state index in [1.807, 2.05) is 0 Å². The Hall–Kier alpha value is -0.570. The number of hydrogen-bond acceptors (Lipinski definition) is 2. The lowest BCUT2D eigenvalue weighted by Crippen LogP contribution is -2.43. The first-order valence-corrected chi connectivity index (χ1v) is 8.00. The van der Waals surface area contributed by atoms with Gasteiger partial charge >= 0.3 is 0 Å². The lowest BCUT2D eigenvalue weighted by molar-refractivity contribution is -0.122. The van der Waals surface area contributed by atoms with E-state index in [9.17, 15) is 4.79 Å². The van der Waals surface area contributed by atoms with Crippen LogP contribution in [0.4, 0.5) is 0 Å². The highest BCUT2D eigenvalue weighted by molar-refractivity contribution is 5.76. The summed E-state index contributed by atoms with van der Waals surface area (Å²) >= 11 is 0. The Morgan fingerprint density at radius 1 is 1.32 bits per heavy atom. The number of carbonyl (C=O) groups is 1. The van der Waals surface area contributed by atoms with Crippen LogP contribution in [0.2, 0.25) is 0 Å². The summed E-state index contributed by atoms with van der Waals surface area (Å²) in [7, 11) is 0. The molecular formula is C16H32N2O. The minimum atomic E-state index is 0.221. The number of likely N-dealkylation sites (tertiary alicyclic amines) is 1. The van der Waals surface area contributed by atoms with Crippen molar-refractivity contribution in [2.45, 2.75) is 53.4 Å². The zero-order chi connectivity index (χ0) is 14.3. The molecule has 3 heteroatoms. The summed E-state index contributed by atoms with van der Waals surface area (Å²) in [5.74, 6) is 2.33. The van der Waals surface area contributed by atoms with Crippen molar-refractivity contribution in [3.8, 4) is 0 Å². The van der Waals surface area contributed by atoms with Crippen LogP contribution < -0.4 is 5.32 Å². The van der Waals surface area contributed by atoms with Gasteiger partial charge in [0.05, 0.1) is 0 Å². The number of piperidine rings is 1. The molecule has 0 bridgehead atoms. The molecule has 1 amide bonds. The van der Waals surface area contributed by atoms with Crippen LogP contribution in [0.15, 0.2) is 0 Å². The standard InChI is InChI=1S/C16H32N2O/c1-5-6-13(2)10-16(19)17-7-8-18-11-14(3)9-15(4)12-18/h13-15H,5-12H2,1-4H3,(H,17,19). The molecule has 1 fully saturated rings. The van der Waals surface area contributed by atoms with Crippen LogP contribution in [0.1, 0.15) is 53.4 Å². The van der Waals surface area contributed by atoms with Gasteiger partial charge in [-0.05, 0) is 24.2 Å². The summed E-state index contributed by atoms with van der Waals surface area (Å²) in [4.78, 5) is 14.3. The fraction of sp³-hybridized carbons (Fsp3) is 0.938. The second kappa shape index (κ2) is 8.57. The van der Waals surface area contributed by atoms with Gasteiger partial charge in [-0.15, -0.1) is 0 Å². The molecule has 3 nitrogen and oxygen atoms in total. The molecule has 1 N–H and O–H groups in total. The third-order valence-electron chi connectivity index (χ3n) is 4.01. The van der Waals surface area contributed by atoms with Crippen molar-refractivity contribution < 1.29 is 4.79 Å². The molecule has 3 unspecified atom stereocenters. The van der Waals surface area contributed by atoms with Crippen LogP contribution in [-0.4, -0.2) is 37.0 Å². The topological polar surface area (TPSA) is 32.3 Å². The van der Waals surface area contributed by atoms with E-state index in [4.69, 9.17) is 0 Å². The number of nitrogens with one attached hydrogen (secondary N) is 1. The van der Waals surface area contributed by atoms with Crippen LogP contribution in [0.5, 0.6) is 0 Å². The van der Waals surface area contributed by atoms with E-state index in [1.165, 1.54) is 19.5 Å². The fourth-order valence-corrected chi connectivity index (χ4v) is 3.31. The number of nitrogens with zero attached hydrogens (tertiary/aromatic N) is 1. The van der Waals surface area contributed by atoms with E-state index >= 15 is 0 Å². The van der Waals surface area contributed by atoms with Crippen molar-refractivity contribution in [1.82, 2.24) is 10.2 Å². The molecular weight excluding hydrogens is 236 g/mol. The Morgan fingerprint density at radius 2 is 1.95 bits per heavy atom. The maximum atomic E-state index is 11.8. The predicted octanol–water partition coefficient (Wildman–Crippen LogP) is 2.91. The van der Waals surface area contributed by atoms with Crippen molar-refractivity contribution in [1.29, 1.82) is 0 Å². The first-order valence-electron chi connectivity index (χ1n) is 8.00. The zero-order valence-electron chi connectivity index (χ0n) is 13.2. The van der Waals surface area contributed by atoms with Crippen LogP contribution >= 0.6 is 0 Å². The Balaban J connectivity index is 2.14. The van der Waals surface area contributed by atoms with E-state index < -0.39 is 0 Å². The second-order valence-electron chi connectivity index (χ2n) is 6.65. The molecule has 0 radical (unpaired) electrons. The van der Waals surface area contributed by atoms with Gasteiger partial charge in [0.15, 0.2) is 0 Å². The van der Waals surface area contributed by atoms with Crippen molar-refractivity contribution >= 4 is 5.91 Å². The quantitative estimate of drug-likeness (QED) is 0.770. The summed E-state index contributed by atoms with van der Waals surface area (Å²) in [6.45, 7) is 13.2. The summed E-state index contributed by atoms with van der Waals surface area (Å²) in [6.07, 6.45) is 4.34. The van der Waals surface area contributed by atoms with Crippen LogP contribution in [0.25, 0.3) is 0 Å². The summed E-state index contributed by atoms with van der Waals surface area (Å²) < 4.78 is 0. The van der Waals surface area contributed by atoms with Crippen molar-refractivity contribution in [3.05, 3.63) is 0 Å². The number of amides is 1. The first kappa shape index (κ1) is 16.5. The average molecular weight is 268 g/mol. The number of hydrogen-bond donors (Lipinski definition) is 1. The Kier molecular flexibility index (Phi) is 7.44. The summed E-state index contributed by atoms with van der Waals surface area (Å²) in [5, 5.41) is 3.07. The average Bonchev–Trinajstić information content (AvgIpc) is 2.27. The van der Waals surface area contributed by atoms with Gasteiger partial charge in [0.2, 0.25) is 5.91 Å². The molecule has 1 heterocycles. The first-order chi connectivity index (χ1) is 9.01. The minimum Gasteiger partial charge on any atom is -0.355 e. The normalized spacial score (nSPS) is 26.1. The van der Waals surface area contributed by atoms with E-state index in [-0.39, 0.29) is 5.91 Å². The van der Waals surface area contributed by atoms with E-state index in [1.54, 1.807) is 0 Å². The number of carbonyl (C=O) groups excluding carboxylic acids is 1. The smallest absolute Gasteiger partial charge is 0.220 e. The third-order valence-corrected chi connectivity index (χ3v) is 4.01. The van der Waals surface area contributed by atoms with Gasteiger partial charge in [-0.2, -0.15) is 0 Å². The lowest BCUT2D eigenvalue weighted by Gasteiger charge is -2.34. The van der Waals surface area contributed by atoms with Crippen molar-refractivity contribution in [3.63, 3.8) is 0 Å². The van der Waals surface area contributed by atoms with Crippen molar-refractivity contribution in [2.24, 2.45) is 17.8 Å². The fourth-order valence-electron chi connectivity index (χ4n) is 3.31. The van der Waals surface area contributed by atoms with Gasteiger partial charge in [0.1, 0.15) is 0 Å². The predicted molar refractivity (Wildman–Crippen MR) is 81.1 cm³/mol. The molecule has 0 saturated carbocycles. The highest BCUT2D eigenvalue weighted by atomic mass is 16.1. The van der Waals surface area contributed by atoms with Gasteiger partial charge in [0, 0.05) is 32.6 Å². The van der Waals surface area contributed by atoms with Crippen LogP contribution in [0.3, 0.4) is 0 Å². The van der Waals surface area contributed by atoms with Gasteiger partial charge in [-0.3, -0.25) is 4.79 Å². The molecule has 0 aromatic heterocycles. The SMILES string of the molecule is CCCC(C)CC(=O)NCCN1CC(C)CC(C)C1. The maximum Gasteiger partial charge on any atom is 0.220 e. The van der Waals surface area contributed by atoms with Crippen LogP contribution in [-0.2, 0) is 4.79 Å². The summed E-state index contributed by atoms with van der Waals surface area (Å²) in [6, 6.07) is 0. The molecule has 1 aliphatic heterocycles. The summed E-state index contributed by atoms with van der Waals surface area (Å²) in [5.41, 5.74) is 0.